The van der Waals surface area contributed by atoms with Gasteiger partial charge in [-0.25, -0.2) is 4.98 Å². The monoisotopic (exact) mass is 498 g/mol. The SMILES string of the molecule is O=C(N[C@H]1CC[C@H](C(=O)Nc2ccc3cc(Cl)ccc3n2)CC1)[C@H]1CNc2cc(Cl)ccc2O1. The molecule has 1 aliphatic heterocycles. The first kappa shape index (κ1) is 22.7. The minimum Gasteiger partial charge on any atom is -0.477 e. The van der Waals surface area contributed by atoms with Crippen LogP contribution < -0.4 is 20.7 Å². The molecule has 1 fully saturated rings. The molecule has 34 heavy (non-hydrogen) atoms. The Labute approximate surface area is 207 Å². The van der Waals surface area contributed by atoms with Crippen molar-refractivity contribution in [2.45, 2.75) is 37.8 Å². The molecule has 2 aliphatic rings. The van der Waals surface area contributed by atoms with Crippen molar-refractivity contribution < 1.29 is 14.3 Å². The van der Waals surface area contributed by atoms with E-state index in [4.69, 9.17) is 27.9 Å². The molecule has 0 spiro atoms. The standard InChI is InChI=1S/C25H24Cl2N4O3/c26-16-4-8-19-15(11-16)3-10-23(30-19)31-24(32)14-1-6-18(7-2-14)29-25(33)22-13-28-20-12-17(27)5-9-21(20)34-22/h3-5,8-12,14,18,22,28H,1-2,6-7,13H2,(H,29,33)(H,30,31,32)/t14-,18-,22-/m1/s1. The Hall–Kier alpha value is -3.03. The molecule has 1 aliphatic carbocycles. The van der Waals surface area contributed by atoms with E-state index in [-0.39, 0.29) is 23.8 Å². The first-order valence-electron chi connectivity index (χ1n) is 11.3. The van der Waals surface area contributed by atoms with Gasteiger partial charge in [-0.1, -0.05) is 23.2 Å². The molecule has 0 radical (unpaired) electrons. The molecule has 3 aromatic rings. The average molecular weight is 499 g/mol. The number of benzene rings is 2. The zero-order valence-corrected chi connectivity index (χ0v) is 19.8. The summed E-state index contributed by atoms with van der Waals surface area (Å²) in [5.74, 6) is 0.836. The number of anilines is 2. The fourth-order valence-corrected chi connectivity index (χ4v) is 4.83. The Morgan fingerprint density at radius 2 is 1.71 bits per heavy atom. The molecule has 2 aromatic carbocycles. The van der Waals surface area contributed by atoms with Gasteiger partial charge < -0.3 is 20.7 Å². The van der Waals surface area contributed by atoms with Gasteiger partial charge in [0, 0.05) is 27.4 Å². The summed E-state index contributed by atoms with van der Waals surface area (Å²) < 4.78 is 5.84. The van der Waals surface area contributed by atoms with Crippen LogP contribution in [0.15, 0.2) is 48.5 Å². The van der Waals surface area contributed by atoms with Crippen LogP contribution in [0.5, 0.6) is 5.75 Å². The number of hydrogen-bond donors (Lipinski definition) is 3. The van der Waals surface area contributed by atoms with Gasteiger partial charge in [0.15, 0.2) is 6.10 Å². The van der Waals surface area contributed by atoms with Gasteiger partial charge in [-0.3, -0.25) is 9.59 Å². The largest absolute Gasteiger partial charge is 0.477 e. The predicted molar refractivity (Wildman–Crippen MR) is 134 cm³/mol. The lowest BCUT2D eigenvalue weighted by atomic mass is 9.85. The quantitative estimate of drug-likeness (QED) is 0.469. The molecule has 1 aromatic heterocycles. The van der Waals surface area contributed by atoms with Crippen molar-refractivity contribution in [2.24, 2.45) is 5.92 Å². The van der Waals surface area contributed by atoms with E-state index in [1.54, 1.807) is 30.3 Å². The first-order chi connectivity index (χ1) is 16.4. The van der Waals surface area contributed by atoms with Crippen LogP contribution in [0.2, 0.25) is 10.0 Å². The molecule has 0 bridgehead atoms. The van der Waals surface area contributed by atoms with Crippen molar-refractivity contribution in [3.63, 3.8) is 0 Å². The van der Waals surface area contributed by atoms with E-state index in [2.05, 4.69) is 20.9 Å². The third-order valence-electron chi connectivity index (χ3n) is 6.33. The summed E-state index contributed by atoms with van der Waals surface area (Å²) in [6, 6.07) is 14.4. The van der Waals surface area contributed by atoms with Crippen molar-refractivity contribution in [3.8, 4) is 5.75 Å². The number of halogens is 2. The average Bonchev–Trinajstić information content (AvgIpc) is 2.84. The van der Waals surface area contributed by atoms with Crippen LogP contribution in [0.25, 0.3) is 10.9 Å². The highest BCUT2D eigenvalue weighted by Gasteiger charge is 2.31. The molecule has 9 heteroatoms. The van der Waals surface area contributed by atoms with Crippen molar-refractivity contribution in [2.75, 3.05) is 17.2 Å². The molecule has 0 unspecified atom stereocenters. The molecule has 1 atom stereocenters. The van der Waals surface area contributed by atoms with E-state index in [1.165, 1.54) is 0 Å². The summed E-state index contributed by atoms with van der Waals surface area (Å²) in [5.41, 5.74) is 1.56. The van der Waals surface area contributed by atoms with E-state index in [0.717, 1.165) is 29.4 Å². The maximum absolute atomic E-state index is 12.8. The highest BCUT2D eigenvalue weighted by molar-refractivity contribution is 6.31. The maximum Gasteiger partial charge on any atom is 0.263 e. The van der Waals surface area contributed by atoms with E-state index in [0.29, 0.717) is 41.0 Å². The van der Waals surface area contributed by atoms with Gasteiger partial charge in [0.2, 0.25) is 5.91 Å². The zero-order valence-electron chi connectivity index (χ0n) is 18.3. The maximum atomic E-state index is 12.8. The lowest BCUT2D eigenvalue weighted by Gasteiger charge is -2.31. The van der Waals surface area contributed by atoms with Crippen LogP contribution in [-0.4, -0.2) is 35.5 Å². The van der Waals surface area contributed by atoms with E-state index in [9.17, 15) is 9.59 Å². The summed E-state index contributed by atoms with van der Waals surface area (Å²) >= 11 is 12.0. The molecule has 2 amide bonds. The second-order valence-corrected chi connectivity index (χ2v) is 9.58. The Morgan fingerprint density at radius 1 is 0.941 bits per heavy atom. The number of ether oxygens (including phenoxy) is 1. The molecular weight excluding hydrogens is 475 g/mol. The number of aromatic nitrogens is 1. The summed E-state index contributed by atoms with van der Waals surface area (Å²) in [6.07, 6.45) is 2.26. The number of carbonyl (C=O) groups is 2. The number of nitrogens with zero attached hydrogens (tertiary/aromatic N) is 1. The number of amides is 2. The van der Waals surface area contributed by atoms with Crippen LogP contribution >= 0.6 is 23.2 Å². The lowest BCUT2D eigenvalue weighted by molar-refractivity contribution is -0.128. The second-order valence-electron chi connectivity index (χ2n) is 8.71. The Bertz CT molecular complexity index is 1240. The number of rotatable bonds is 4. The molecule has 2 heterocycles. The summed E-state index contributed by atoms with van der Waals surface area (Å²) in [6.45, 7) is 0.377. The topological polar surface area (TPSA) is 92.4 Å². The van der Waals surface area contributed by atoms with Crippen LogP contribution in [0.1, 0.15) is 25.7 Å². The van der Waals surface area contributed by atoms with E-state index >= 15 is 0 Å². The fourth-order valence-electron chi connectivity index (χ4n) is 4.48. The highest BCUT2D eigenvalue weighted by atomic mass is 35.5. The van der Waals surface area contributed by atoms with Crippen molar-refractivity contribution in [3.05, 3.63) is 58.6 Å². The Kier molecular flexibility index (Phi) is 6.48. The van der Waals surface area contributed by atoms with Crippen molar-refractivity contribution in [1.82, 2.24) is 10.3 Å². The second kappa shape index (κ2) is 9.68. The Morgan fingerprint density at radius 3 is 2.53 bits per heavy atom. The molecule has 5 rings (SSSR count). The highest BCUT2D eigenvalue weighted by Crippen LogP contribution is 2.32. The van der Waals surface area contributed by atoms with Crippen LogP contribution in [0.4, 0.5) is 11.5 Å². The zero-order chi connectivity index (χ0) is 23.7. The van der Waals surface area contributed by atoms with Crippen LogP contribution in [0, 0.1) is 5.92 Å². The normalized spacial score (nSPS) is 21.6. The Balaban J connectivity index is 1.11. The lowest BCUT2D eigenvalue weighted by Crippen LogP contribution is -2.49. The number of nitrogens with one attached hydrogen (secondary N) is 3. The third kappa shape index (κ3) is 5.05. The number of pyridine rings is 1. The number of fused-ring (bicyclic) bond motifs is 2. The van der Waals surface area contributed by atoms with E-state index < -0.39 is 6.10 Å². The predicted octanol–water partition coefficient (Wildman–Crippen LogP) is 5.03. The third-order valence-corrected chi connectivity index (χ3v) is 6.80. The van der Waals surface area contributed by atoms with Crippen LogP contribution in [0.3, 0.4) is 0 Å². The molecule has 3 N–H and O–H groups in total. The molecular formula is C25H24Cl2N4O3. The van der Waals surface area contributed by atoms with Gasteiger partial charge in [0.1, 0.15) is 11.6 Å². The molecule has 0 saturated heterocycles. The fraction of sp³-hybridized carbons (Fsp3) is 0.320. The van der Waals surface area contributed by atoms with Crippen molar-refractivity contribution >= 4 is 57.4 Å². The number of carbonyl (C=O) groups excluding carboxylic acids is 2. The number of hydrogen-bond acceptors (Lipinski definition) is 5. The van der Waals surface area contributed by atoms with Gasteiger partial charge in [-0.15, -0.1) is 0 Å². The molecule has 7 nitrogen and oxygen atoms in total. The van der Waals surface area contributed by atoms with Gasteiger partial charge in [-0.05, 0) is 74.2 Å². The molecule has 1 saturated carbocycles. The van der Waals surface area contributed by atoms with Gasteiger partial charge in [0.05, 0.1) is 17.7 Å². The molecule has 176 valence electrons. The smallest absolute Gasteiger partial charge is 0.263 e. The van der Waals surface area contributed by atoms with Crippen LogP contribution in [-0.2, 0) is 9.59 Å². The first-order valence-corrected chi connectivity index (χ1v) is 12.1. The van der Waals surface area contributed by atoms with Gasteiger partial charge >= 0.3 is 0 Å². The summed E-state index contributed by atoms with van der Waals surface area (Å²) in [4.78, 5) is 30.0. The van der Waals surface area contributed by atoms with Gasteiger partial charge in [0.25, 0.3) is 5.91 Å². The minimum absolute atomic E-state index is 0.0234. The van der Waals surface area contributed by atoms with Crippen molar-refractivity contribution in [1.29, 1.82) is 0 Å². The van der Waals surface area contributed by atoms with E-state index in [1.807, 2.05) is 18.2 Å². The summed E-state index contributed by atoms with van der Waals surface area (Å²) in [7, 11) is 0. The van der Waals surface area contributed by atoms with Gasteiger partial charge in [-0.2, -0.15) is 0 Å². The summed E-state index contributed by atoms with van der Waals surface area (Å²) in [5, 5.41) is 11.4. The minimum atomic E-state index is -0.608.